The van der Waals surface area contributed by atoms with E-state index in [1.165, 1.54) is 5.56 Å². The van der Waals surface area contributed by atoms with Gasteiger partial charge in [0.05, 0.1) is 0 Å². The third-order valence-electron chi connectivity index (χ3n) is 2.86. The van der Waals surface area contributed by atoms with Gasteiger partial charge in [-0.1, -0.05) is 19.1 Å². The summed E-state index contributed by atoms with van der Waals surface area (Å²) in [5.41, 5.74) is 2.13. The molecule has 1 N–H and O–H groups in total. The molecule has 0 aliphatic rings. The average Bonchev–Trinajstić information content (AvgIpc) is 2.90. The van der Waals surface area contributed by atoms with Crippen molar-refractivity contribution in [2.75, 3.05) is 0 Å². The van der Waals surface area contributed by atoms with E-state index in [1.807, 2.05) is 29.6 Å². The van der Waals surface area contributed by atoms with Crippen molar-refractivity contribution in [3.63, 3.8) is 0 Å². The summed E-state index contributed by atoms with van der Waals surface area (Å²) in [6.45, 7) is 2.55. The minimum atomic E-state index is -0.946. The van der Waals surface area contributed by atoms with Crippen molar-refractivity contribution >= 4 is 23.4 Å². The smallest absolute Gasteiger partial charge is 0.328 e. The number of ether oxygens (including phenoxy) is 1. The van der Waals surface area contributed by atoms with E-state index in [4.69, 9.17) is 9.84 Å². The SMILES string of the molecule is CCc1cccc(OCc2sccc2C=CC(=O)O)c1. The Kier molecular flexibility index (Phi) is 4.96. The molecule has 2 aromatic rings. The van der Waals surface area contributed by atoms with Crippen molar-refractivity contribution in [2.24, 2.45) is 0 Å². The van der Waals surface area contributed by atoms with Crippen molar-refractivity contribution in [1.29, 1.82) is 0 Å². The molecule has 20 heavy (non-hydrogen) atoms. The van der Waals surface area contributed by atoms with Gasteiger partial charge in [-0.05, 0) is 47.2 Å². The molecule has 0 unspecified atom stereocenters. The highest BCUT2D eigenvalue weighted by Crippen LogP contribution is 2.22. The molecule has 0 aliphatic carbocycles. The highest BCUT2D eigenvalue weighted by Gasteiger charge is 2.04. The molecule has 0 saturated carbocycles. The molecule has 1 aromatic carbocycles. The monoisotopic (exact) mass is 288 g/mol. The molecule has 3 nitrogen and oxygen atoms in total. The van der Waals surface area contributed by atoms with E-state index < -0.39 is 5.97 Å². The number of thiophene rings is 1. The number of hydrogen-bond acceptors (Lipinski definition) is 3. The lowest BCUT2D eigenvalue weighted by Gasteiger charge is -2.07. The van der Waals surface area contributed by atoms with Gasteiger partial charge < -0.3 is 9.84 Å². The first kappa shape index (κ1) is 14.3. The summed E-state index contributed by atoms with van der Waals surface area (Å²) in [5.74, 6) is -0.107. The Balaban J connectivity index is 2.04. The molecular formula is C16H16O3S. The maximum atomic E-state index is 10.5. The van der Waals surface area contributed by atoms with Crippen molar-refractivity contribution in [3.8, 4) is 5.75 Å². The van der Waals surface area contributed by atoms with Gasteiger partial charge >= 0.3 is 5.97 Å². The lowest BCUT2D eigenvalue weighted by molar-refractivity contribution is -0.131. The molecule has 0 amide bonds. The molecule has 0 bridgehead atoms. The molecule has 104 valence electrons. The number of benzene rings is 1. The van der Waals surface area contributed by atoms with Gasteiger partial charge in [-0.2, -0.15) is 0 Å². The van der Waals surface area contributed by atoms with Gasteiger partial charge in [0.15, 0.2) is 0 Å². The van der Waals surface area contributed by atoms with E-state index in [2.05, 4.69) is 13.0 Å². The molecule has 1 aromatic heterocycles. The highest BCUT2D eigenvalue weighted by molar-refractivity contribution is 7.10. The number of carboxylic acid groups (broad SMARTS) is 1. The first-order valence-electron chi connectivity index (χ1n) is 6.38. The van der Waals surface area contributed by atoms with Crippen LogP contribution in [0.4, 0.5) is 0 Å². The average molecular weight is 288 g/mol. The molecule has 0 spiro atoms. The fraction of sp³-hybridized carbons (Fsp3) is 0.188. The zero-order valence-corrected chi connectivity index (χ0v) is 12.0. The van der Waals surface area contributed by atoms with Gasteiger partial charge in [0.25, 0.3) is 0 Å². The molecule has 0 saturated heterocycles. The van der Waals surface area contributed by atoms with Crippen LogP contribution in [0.15, 0.2) is 41.8 Å². The second kappa shape index (κ2) is 6.91. The van der Waals surface area contributed by atoms with Gasteiger partial charge in [-0.25, -0.2) is 4.79 Å². The zero-order chi connectivity index (χ0) is 14.4. The predicted octanol–water partition coefficient (Wildman–Crippen LogP) is 3.99. The van der Waals surface area contributed by atoms with E-state index in [-0.39, 0.29) is 0 Å². The maximum Gasteiger partial charge on any atom is 0.328 e. The first-order chi connectivity index (χ1) is 9.69. The molecule has 0 aliphatic heterocycles. The Labute approximate surface area is 122 Å². The van der Waals surface area contributed by atoms with Gasteiger partial charge in [-0.3, -0.25) is 0 Å². The number of rotatable bonds is 6. The predicted molar refractivity (Wildman–Crippen MR) is 81.1 cm³/mol. The highest BCUT2D eigenvalue weighted by atomic mass is 32.1. The third kappa shape index (κ3) is 3.96. The van der Waals surface area contributed by atoms with Crippen LogP contribution in [0.5, 0.6) is 5.75 Å². The molecule has 2 rings (SSSR count). The summed E-state index contributed by atoms with van der Waals surface area (Å²) < 4.78 is 5.77. The van der Waals surface area contributed by atoms with Crippen molar-refractivity contribution in [2.45, 2.75) is 20.0 Å². The minimum absolute atomic E-state index is 0.449. The molecule has 0 atom stereocenters. The van der Waals surface area contributed by atoms with E-state index in [0.29, 0.717) is 6.61 Å². The number of carbonyl (C=O) groups is 1. The van der Waals surface area contributed by atoms with Crippen LogP contribution in [0.2, 0.25) is 0 Å². The van der Waals surface area contributed by atoms with E-state index in [9.17, 15) is 4.79 Å². The summed E-state index contributed by atoms with van der Waals surface area (Å²) in [6, 6.07) is 9.90. The Hall–Kier alpha value is -2.07. The van der Waals surface area contributed by atoms with E-state index in [0.717, 1.165) is 28.7 Å². The van der Waals surface area contributed by atoms with Crippen LogP contribution in [0.3, 0.4) is 0 Å². The molecule has 0 fully saturated rings. The lowest BCUT2D eigenvalue weighted by atomic mass is 10.2. The number of hydrogen-bond donors (Lipinski definition) is 1. The second-order valence-electron chi connectivity index (χ2n) is 4.26. The number of carboxylic acids is 1. The van der Waals surface area contributed by atoms with Gasteiger partial charge in [0, 0.05) is 11.0 Å². The first-order valence-corrected chi connectivity index (χ1v) is 7.26. The maximum absolute atomic E-state index is 10.5. The van der Waals surface area contributed by atoms with Crippen LogP contribution in [-0.2, 0) is 17.8 Å². The summed E-state index contributed by atoms with van der Waals surface area (Å²) in [5, 5.41) is 10.6. The fourth-order valence-corrected chi connectivity index (χ4v) is 2.56. The molecule has 0 radical (unpaired) electrons. The van der Waals surface area contributed by atoms with Gasteiger partial charge in [0.1, 0.15) is 12.4 Å². The van der Waals surface area contributed by atoms with Crippen LogP contribution in [0.1, 0.15) is 22.9 Å². The normalized spacial score (nSPS) is 10.8. The van der Waals surface area contributed by atoms with Gasteiger partial charge in [0.2, 0.25) is 0 Å². The van der Waals surface area contributed by atoms with Crippen LogP contribution >= 0.6 is 11.3 Å². The number of aryl methyl sites for hydroxylation is 1. The van der Waals surface area contributed by atoms with Crippen LogP contribution in [-0.4, -0.2) is 11.1 Å². The molecule has 4 heteroatoms. The Bertz CT molecular complexity index is 614. The molecule has 1 heterocycles. The topological polar surface area (TPSA) is 46.5 Å². The molecular weight excluding hydrogens is 272 g/mol. The van der Waals surface area contributed by atoms with E-state index >= 15 is 0 Å². The van der Waals surface area contributed by atoms with Crippen LogP contribution < -0.4 is 4.74 Å². The van der Waals surface area contributed by atoms with E-state index in [1.54, 1.807) is 17.4 Å². The summed E-state index contributed by atoms with van der Waals surface area (Å²) >= 11 is 1.56. The lowest BCUT2D eigenvalue weighted by Crippen LogP contribution is -1.95. The largest absolute Gasteiger partial charge is 0.488 e. The summed E-state index contributed by atoms with van der Waals surface area (Å²) in [6.07, 6.45) is 3.71. The zero-order valence-electron chi connectivity index (χ0n) is 11.2. The minimum Gasteiger partial charge on any atom is -0.488 e. The van der Waals surface area contributed by atoms with Crippen LogP contribution in [0, 0.1) is 0 Å². The Morgan fingerprint density at radius 2 is 2.25 bits per heavy atom. The second-order valence-corrected chi connectivity index (χ2v) is 5.26. The van der Waals surface area contributed by atoms with Crippen molar-refractivity contribution in [1.82, 2.24) is 0 Å². The van der Waals surface area contributed by atoms with Crippen molar-refractivity contribution in [3.05, 3.63) is 57.8 Å². The van der Waals surface area contributed by atoms with Crippen molar-refractivity contribution < 1.29 is 14.6 Å². The number of aliphatic carboxylic acids is 1. The van der Waals surface area contributed by atoms with Gasteiger partial charge in [-0.15, -0.1) is 11.3 Å². The van der Waals surface area contributed by atoms with Crippen LogP contribution in [0.25, 0.3) is 6.08 Å². The third-order valence-corrected chi connectivity index (χ3v) is 3.77. The Morgan fingerprint density at radius 3 is 3.00 bits per heavy atom. The summed E-state index contributed by atoms with van der Waals surface area (Å²) in [4.78, 5) is 11.6. The summed E-state index contributed by atoms with van der Waals surface area (Å²) in [7, 11) is 0. The standard InChI is InChI=1S/C16H16O3S/c1-2-12-4-3-5-14(10-12)19-11-15-13(8-9-20-15)6-7-16(17)18/h3-10H,2,11H2,1H3,(H,17,18). The Morgan fingerprint density at radius 1 is 1.40 bits per heavy atom. The fourth-order valence-electron chi connectivity index (χ4n) is 1.78. The quantitative estimate of drug-likeness (QED) is 0.818.